The van der Waals surface area contributed by atoms with E-state index in [0.717, 1.165) is 25.7 Å². The zero-order chi connectivity index (χ0) is 21.8. The number of carbonyl (C=O) groups excluding carboxylic acids is 1. The van der Waals surface area contributed by atoms with Gasteiger partial charge in [-0.3, -0.25) is 9.36 Å². The van der Waals surface area contributed by atoms with Crippen LogP contribution in [0, 0.1) is 5.82 Å². The van der Waals surface area contributed by atoms with E-state index >= 15 is 0 Å². The zero-order valence-electron chi connectivity index (χ0n) is 18.4. The van der Waals surface area contributed by atoms with E-state index < -0.39 is 5.82 Å². The third-order valence-corrected chi connectivity index (χ3v) is 5.19. The number of imidazole rings is 1. The average Bonchev–Trinajstić information content (AvgIpc) is 2.99. The number of amides is 1. The number of benzene rings is 1. The SMILES string of the molecule is CC(=O)N[C@@H](C)COC1CCC(Oc2nc3ccc(OC(C)C)c(F)c3n2C)CC1. The van der Waals surface area contributed by atoms with E-state index in [1.807, 2.05) is 20.8 Å². The molecule has 1 aromatic carbocycles. The van der Waals surface area contributed by atoms with Crippen LogP contribution in [0.25, 0.3) is 11.0 Å². The Morgan fingerprint density at radius 1 is 1.23 bits per heavy atom. The molecule has 1 amide bonds. The van der Waals surface area contributed by atoms with Gasteiger partial charge in [-0.2, -0.15) is 4.98 Å². The Kier molecular flexibility index (Phi) is 7.18. The Balaban J connectivity index is 1.58. The second-order valence-corrected chi connectivity index (χ2v) is 8.32. The van der Waals surface area contributed by atoms with Gasteiger partial charge in [-0.15, -0.1) is 0 Å². The molecule has 1 atom stereocenters. The smallest absolute Gasteiger partial charge is 0.297 e. The molecule has 1 N–H and O–H groups in total. The zero-order valence-corrected chi connectivity index (χ0v) is 18.4. The highest BCUT2D eigenvalue weighted by Gasteiger charge is 2.26. The number of halogens is 1. The van der Waals surface area contributed by atoms with E-state index in [-0.39, 0.29) is 36.0 Å². The number of nitrogens with zero attached hydrogens (tertiary/aromatic N) is 2. The Morgan fingerprint density at radius 2 is 1.90 bits per heavy atom. The minimum atomic E-state index is -0.420. The van der Waals surface area contributed by atoms with Crippen LogP contribution >= 0.6 is 0 Å². The molecule has 8 heteroatoms. The molecule has 1 saturated carbocycles. The Bertz CT molecular complexity index is 875. The number of carbonyl (C=O) groups is 1. The van der Waals surface area contributed by atoms with E-state index in [4.69, 9.17) is 14.2 Å². The van der Waals surface area contributed by atoms with Gasteiger partial charge in [-0.25, -0.2) is 4.39 Å². The van der Waals surface area contributed by atoms with Gasteiger partial charge in [0.2, 0.25) is 5.91 Å². The monoisotopic (exact) mass is 421 g/mol. The minimum Gasteiger partial charge on any atom is -0.488 e. The van der Waals surface area contributed by atoms with Gasteiger partial charge in [0.05, 0.1) is 24.3 Å². The lowest BCUT2D eigenvalue weighted by Gasteiger charge is -2.29. The number of ether oxygens (including phenoxy) is 3. The van der Waals surface area contributed by atoms with Gasteiger partial charge in [0.25, 0.3) is 6.01 Å². The number of hydrogen-bond donors (Lipinski definition) is 1. The Labute approximate surface area is 176 Å². The molecule has 1 fully saturated rings. The van der Waals surface area contributed by atoms with Crippen molar-refractivity contribution in [2.24, 2.45) is 7.05 Å². The normalized spacial score (nSPS) is 20.4. The number of hydrogen-bond acceptors (Lipinski definition) is 5. The summed E-state index contributed by atoms with van der Waals surface area (Å²) in [6.45, 7) is 7.66. The molecule has 166 valence electrons. The number of fused-ring (bicyclic) bond motifs is 1. The lowest BCUT2D eigenvalue weighted by Crippen LogP contribution is -2.37. The van der Waals surface area contributed by atoms with Crippen LogP contribution < -0.4 is 14.8 Å². The van der Waals surface area contributed by atoms with E-state index in [9.17, 15) is 9.18 Å². The molecular formula is C22H32FN3O4. The van der Waals surface area contributed by atoms with Crippen LogP contribution in [-0.2, 0) is 16.6 Å². The summed E-state index contributed by atoms with van der Waals surface area (Å²) >= 11 is 0. The molecule has 0 aliphatic heterocycles. The number of nitrogens with one attached hydrogen (secondary N) is 1. The third-order valence-electron chi connectivity index (χ3n) is 5.19. The Morgan fingerprint density at radius 3 is 2.53 bits per heavy atom. The fourth-order valence-electron chi connectivity index (χ4n) is 3.80. The fourth-order valence-corrected chi connectivity index (χ4v) is 3.80. The van der Waals surface area contributed by atoms with Crippen molar-refractivity contribution in [1.82, 2.24) is 14.9 Å². The van der Waals surface area contributed by atoms with Crippen molar-refractivity contribution in [2.45, 2.75) is 77.7 Å². The van der Waals surface area contributed by atoms with Crippen molar-refractivity contribution in [3.05, 3.63) is 17.9 Å². The number of aryl methyl sites for hydroxylation is 1. The van der Waals surface area contributed by atoms with Gasteiger partial charge in [-0.05, 0) is 58.6 Å². The van der Waals surface area contributed by atoms with Crippen LogP contribution in [0.5, 0.6) is 11.8 Å². The molecule has 3 rings (SSSR count). The molecule has 1 aromatic heterocycles. The molecule has 1 heterocycles. The fraction of sp³-hybridized carbons (Fsp3) is 0.636. The molecule has 0 bridgehead atoms. The first-order valence-corrected chi connectivity index (χ1v) is 10.6. The molecule has 0 spiro atoms. The lowest BCUT2D eigenvalue weighted by molar-refractivity contribution is -0.120. The van der Waals surface area contributed by atoms with Crippen LogP contribution in [-0.4, -0.2) is 46.4 Å². The summed E-state index contributed by atoms with van der Waals surface area (Å²) in [5.74, 6) is -0.250. The summed E-state index contributed by atoms with van der Waals surface area (Å²) < 4.78 is 34.1. The largest absolute Gasteiger partial charge is 0.488 e. The number of rotatable bonds is 8. The lowest BCUT2D eigenvalue weighted by atomic mass is 9.95. The van der Waals surface area contributed by atoms with Gasteiger partial charge in [0.15, 0.2) is 11.6 Å². The van der Waals surface area contributed by atoms with Crippen LogP contribution in [0.3, 0.4) is 0 Å². The molecule has 2 aromatic rings. The van der Waals surface area contributed by atoms with E-state index in [2.05, 4.69) is 10.3 Å². The topological polar surface area (TPSA) is 74.6 Å². The molecule has 0 unspecified atom stereocenters. The standard InChI is InChI=1S/C22H32FN3O4/c1-13(2)29-19-11-10-18-21(20(19)23)26(5)22(25-18)30-17-8-6-16(7-9-17)28-12-14(3)24-15(4)27/h10-11,13-14,16-17H,6-9,12H2,1-5H3,(H,24,27)/t14-,16?,17?/m0/s1. The maximum absolute atomic E-state index is 14.9. The Hall–Kier alpha value is -2.35. The summed E-state index contributed by atoms with van der Waals surface area (Å²) in [6, 6.07) is 3.77. The molecule has 1 aliphatic rings. The first-order chi connectivity index (χ1) is 14.2. The van der Waals surface area contributed by atoms with E-state index in [0.29, 0.717) is 23.7 Å². The molecule has 0 saturated heterocycles. The van der Waals surface area contributed by atoms with E-state index in [1.165, 1.54) is 6.92 Å². The first-order valence-electron chi connectivity index (χ1n) is 10.6. The van der Waals surface area contributed by atoms with Gasteiger partial charge in [0, 0.05) is 20.0 Å². The highest BCUT2D eigenvalue weighted by atomic mass is 19.1. The first kappa shape index (κ1) is 22.3. The summed E-state index contributed by atoms with van der Waals surface area (Å²) in [5.41, 5.74) is 0.928. The van der Waals surface area contributed by atoms with Crippen LogP contribution in [0.4, 0.5) is 4.39 Å². The minimum absolute atomic E-state index is 0.00376. The average molecular weight is 422 g/mol. The van der Waals surface area contributed by atoms with Crippen molar-refractivity contribution in [2.75, 3.05) is 6.61 Å². The van der Waals surface area contributed by atoms with Crippen LogP contribution in [0.15, 0.2) is 12.1 Å². The van der Waals surface area contributed by atoms with Gasteiger partial charge in [-0.1, -0.05) is 0 Å². The number of aromatic nitrogens is 2. The second kappa shape index (κ2) is 9.64. The van der Waals surface area contributed by atoms with Crippen LogP contribution in [0.1, 0.15) is 53.4 Å². The summed E-state index contributed by atoms with van der Waals surface area (Å²) in [5, 5.41) is 2.82. The molecule has 1 aliphatic carbocycles. The maximum atomic E-state index is 14.9. The van der Waals surface area contributed by atoms with Crippen molar-refractivity contribution >= 4 is 16.9 Å². The summed E-state index contributed by atoms with van der Waals surface area (Å²) in [6.07, 6.45) is 3.50. The third kappa shape index (κ3) is 5.41. The van der Waals surface area contributed by atoms with Crippen molar-refractivity contribution < 1.29 is 23.4 Å². The van der Waals surface area contributed by atoms with Gasteiger partial charge < -0.3 is 19.5 Å². The molecular weight excluding hydrogens is 389 g/mol. The van der Waals surface area contributed by atoms with Gasteiger partial charge >= 0.3 is 0 Å². The van der Waals surface area contributed by atoms with Crippen LogP contribution in [0.2, 0.25) is 0 Å². The molecule has 30 heavy (non-hydrogen) atoms. The molecule has 7 nitrogen and oxygen atoms in total. The predicted molar refractivity (Wildman–Crippen MR) is 112 cm³/mol. The van der Waals surface area contributed by atoms with E-state index in [1.54, 1.807) is 23.7 Å². The van der Waals surface area contributed by atoms with Crippen molar-refractivity contribution in [3.8, 4) is 11.8 Å². The highest BCUT2D eigenvalue weighted by Crippen LogP contribution is 2.31. The van der Waals surface area contributed by atoms with Crippen molar-refractivity contribution in [3.63, 3.8) is 0 Å². The summed E-state index contributed by atoms with van der Waals surface area (Å²) in [7, 11) is 1.76. The molecule has 0 radical (unpaired) electrons. The maximum Gasteiger partial charge on any atom is 0.297 e. The van der Waals surface area contributed by atoms with Crippen molar-refractivity contribution in [1.29, 1.82) is 0 Å². The highest BCUT2D eigenvalue weighted by molar-refractivity contribution is 5.79. The predicted octanol–water partition coefficient (Wildman–Crippen LogP) is 3.73. The second-order valence-electron chi connectivity index (χ2n) is 8.32. The quantitative estimate of drug-likeness (QED) is 0.703. The summed E-state index contributed by atoms with van der Waals surface area (Å²) in [4.78, 5) is 15.5. The van der Waals surface area contributed by atoms with Gasteiger partial charge in [0.1, 0.15) is 11.6 Å².